The van der Waals surface area contributed by atoms with Crippen molar-refractivity contribution in [1.82, 2.24) is 19.7 Å². The molecule has 0 bridgehead atoms. The fourth-order valence-electron chi connectivity index (χ4n) is 2.94. The van der Waals surface area contributed by atoms with Gasteiger partial charge in [-0.15, -0.1) is 10.2 Å². The van der Waals surface area contributed by atoms with Crippen LogP contribution in [0.2, 0.25) is 0 Å². The summed E-state index contributed by atoms with van der Waals surface area (Å²) in [5.41, 5.74) is 4.11. The summed E-state index contributed by atoms with van der Waals surface area (Å²) in [7, 11) is 0. The zero-order valence-electron chi connectivity index (χ0n) is 12.3. The number of nitrogens with zero attached hydrogens (tertiary/aromatic N) is 4. The van der Waals surface area contributed by atoms with E-state index in [1.807, 2.05) is 13.0 Å². The molecule has 4 rings (SSSR count). The summed E-state index contributed by atoms with van der Waals surface area (Å²) in [5, 5.41) is 7.48. The van der Waals surface area contributed by atoms with Crippen LogP contribution in [0.25, 0.3) is 22.8 Å². The maximum Gasteiger partial charge on any atom is 0.252 e. The van der Waals surface area contributed by atoms with Gasteiger partial charge in [-0.2, -0.15) is 0 Å². The normalized spacial score (nSPS) is 16.2. The van der Waals surface area contributed by atoms with Gasteiger partial charge in [0.2, 0.25) is 6.39 Å². The van der Waals surface area contributed by atoms with Crippen LogP contribution < -0.4 is 5.43 Å². The largest absolute Gasteiger partial charge is 0.423 e. The second-order valence-electron chi connectivity index (χ2n) is 5.60. The number of hydrogen-bond donors (Lipinski definition) is 0. The van der Waals surface area contributed by atoms with Gasteiger partial charge in [-0.3, -0.25) is 9.78 Å². The van der Waals surface area contributed by atoms with Gasteiger partial charge in [0.05, 0.1) is 11.4 Å². The molecule has 0 N–H and O–H groups in total. The van der Waals surface area contributed by atoms with E-state index in [0.717, 1.165) is 23.5 Å². The monoisotopic (exact) mass is 294 g/mol. The number of aryl methyl sites for hydroxylation is 1. The number of fused-ring (bicyclic) bond motifs is 3. The van der Waals surface area contributed by atoms with Crippen molar-refractivity contribution in [2.45, 2.75) is 26.3 Å². The minimum absolute atomic E-state index is 0.140. The lowest BCUT2D eigenvalue weighted by Gasteiger charge is -2.27. The highest BCUT2D eigenvalue weighted by Crippen LogP contribution is 2.33. The van der Waals surface area contributed by atoms with Crippen molar-refractivity contribution in [2.24, 2.45) is 0 Å². The highest BCUT2D eigenvalue weighted by molar-refractivity contribution is 5.65. The lowest BCUT2D eigenvalue weighted by Crippen LogP contribution is -2.22. The molecule has 22 heavy (non-hydrogen) atoms. The maximum atomic E-state index is 12.4. The van der Waals surface area contributed by atoms with Gasteiger partial charge in [0.25, 0.3) is 5.89 Å². The molecule has 3 aromatic rings. The van der Waals surface area contributed by atoms with E-state index in [1.54, 1.807) is 12.3 Å². The summed E-state index contributed by atoms with van der Waals surface area (Å²) < 4.78 is 7.23. The van der Waals surface area contributed by atoms with Crippen molar-refractivity contribution in [2.75, 3.05) is 0 Å². The van der Waals surface area contributed by atoms with Crippen molar-refractivity contribution in [3.63, 3.8) is 0 Å². The standard InChI is InChI=1S/C16H14N4O2/c1-9-3-4-11-5-10(2)20-7-12(16-19-17-8-22-16)14(21)6-13(20)15(11)18-9/h3-4,6-8,10H,5H2,1-2H3/t10-/m1/s1. The third-order valence-corrected chi connectivity index (χ3v) is 4.02. The minimum Gasteiger partial charge on any atom is -0.423 e. The number of pyridine rings is 2. The van der Waals surface area contributed by atoms with Crippen LogP contribution in [0.1, 0.15) is 24.2 Å². The maximum absolute atomic E-state index is 12.4. The van der Waals surface area contributed by atoms with Crippen LogP contribution in [0.15, 0.2) is 40.0 Å². The van der Waals surface area contributed by atoms with Gasteiger partial charge in [0.1, 0.15) is 5.56 Å². The molecule has 6 heteroatoms. The molecule has 1 aliphatic heterocycles. The SMILES string of the molecule is Cc1ccc2c(n1)-c1cc(=O)c(-c3nnco3)cn1[C@H](C)C2. The fraction of sp³-hybridized carbons (Fsp3) is 0.250. The molecule has 110 valence electrons. The van der Waals surface area contributed by atoms with Crippen LogP contribution in [-0.2, 0) is 6.42 Å². The smallest absolute Gasteiger partial charge is 0.252 e. The van der Waals surface area contributed by atoms with E-state index in [4.69, 9.17) is 4.42 Å². The van der Waals surface area contributed by atoms with Crippen LogP contribution in [0, 0.1) is 6.92 Å². The van der Waals surface area contributed by atoms with Gasteiger partial charge in [0, 0.05) is 24.0 Å². The predicted octanol–water partition coefficient (Wildman–Crippen LogP) is 2.39. The Balaban J connectivity index is 1.98. The van der Waals surface area contributed by atoms with Gasteiger partial charge in [0.15, 0.2) is 5.43 Å². The Morgan fingerprint density at radius 1 is 1.36 bits per heavy atom. The predicted molar refractivity (Wildman–Crippen MR) is 80.4 cm³/mol. The van der Waals surface area contributed by atoms with E-state index in [1.165, 1.54) is 12.0 Å². The summed E-state index contributed by atoms with van der Waals surface area (Å²) in [6.07, 6.45) is 3.90. The molecule has 0 saturated heterocycles. The van der Waals surface area contributed by atoms with E-state index in [0.29, 0.717) is 5.56 Å². The molecular weight excluding hydrogens is 280 g/mol. The summed E-state index contributed by atoms with van der Waals surface area (Å²) in [6, 6.07) is 5.94. The van der Waals surface area contributed by atoms with Crippen molar-refractivity contribution < 1.29 is 4.42 Å². The molecule has 4 heterocycles. The third-order valence-electron chi connectivity index (χ3n) is 4.02. The van der Waals surface area contributed by atoms with E-state index in [9.17, 15) is 4.79 Å². The number of hydrogen-bond acceptors (Lipinski definition) is 5. The van der Waals surface area contributed by atoms with E-state index < -0.39 is 0 Å². The Morgan fingerprint density at radius 2 is 2.23 bits per heavy atom. The van der Waals surface area contributed by atoms with E-state index >= 15 is 0 Å². The molecule has 0 fully saturated rings. The summed E-state index contributed by atoms with van der Waals surface area (Å²) >= 11 is 0. The third kappa shape index (κ3) is 1.88. The van der Waals surface area contributed by atoms with Crippen molar-refractivity contribution in [3.8, 4) is 22.8 Å². The van der Waals surface area contributed by atoms with Gasteiger partial charge in [-0.05, 0) is 31.9 Å². The highest BCUT2D eigenvalue weighted by Gasteiger charge is 2.24. The highest BCUT2D eigenvalue weighted by atomic mass is 16.4. The molecule has 0 amide bonds. The van der Waals surface area contributed by atoms with Crippen LogP contribution in [0.4, 0.5) is 0 Å². The molecule has 0 aliphatic carbocycles. The first-order valence-electron chi connectivity index (χ1n) is 7.13. The average molecular weight is 294 g/mol. The van der Waals surface area contributed by atoms with E-state index in [-0.39, 0.29) is 17.4 Å². The Morgan fingerprint density at radius 3 is 3.00 bits per heavy atom. The Hall–Kier alpha value is -2.76. The van der Waals surface area contributed by atoms with Crippen LogP contribution in [0.3, 0.4) is 0 Å². The quantitative estimate of drug-likeness (QED) is 0.689. The average Bonchev–Trinajstić information content (AvgIpc) is 3.02. The zero-order valence-corrected chi connectivity index (χ0v) is 12.3. The van der Waals surface area contributed by atoms with Gasteiger partial charge < -0.3 is 8.98 Å². The zero-order chi connectivity index (χ0) is 15.3. The van der Waals surface area contributed by atoms with Crippen molar-refractivity contribution >= 4 is 0 Å². The minimum atomic E-state index is -0.140. The molecule has 1 atom stereocenters. The Bertz CT molecular complexity index is 912. The lowest BCUT2D eigenvalue weighted by atomic mass is 9.96. The van der Waals surface area contributed by atoms with Gasteiger partial charge in [-0.25, -0.2) is 0 Å². The number of rotatable bonds is 1. The van der Waals surface area contributed by atoms with Gasteiger partial charge in [-0.1, -0.05) is 6.07 Å². The van der Waals surface area contributed by atoms with Gasteiger partial charge >= 0.3 is 0 Å². The number of aromatic nitrogens is 4. The first kappa shape index (κ1) is 12.9. The van der Waals surface area contributed by atoms with Crippen LogP contribution in [-0.4, -0.2) is 19.7 Å². The second kappa shape index (κ2) is 4.62. The Kier molecular flexibility index (Phi) is 2.72. The van der Waals surface area contributed by atoms with Crippen molar-refractivity contribution in [1.29, 1.82) is 0 Å². The molecule has 0 aromatic carbocycles. The molecule has 0 saturated carbocycles. The molecular formula is C16H14N4O2. The molecule has 3 aromatic heterocycles. The summed E-state index contributed by atoms with van der Waals surface area (Å²) in [5.74, 6) is 0.246. The summed E-state index contributed by atoms with van der Waals surface area (Å²) in [4.78, 5) is 17.0. The summed E-state index contributed by atoms with van der Waals surface area (Å²) in [6.45, 7) is 4.07. The van der Waals surface area contributed by atoms with E-state index in [2.05, 4.69) is 32.7 Å². The fourth-order valence-corrected chi connectivity index (χ4v) is 2.94. The first-order valence-corrected chi connectivity index (χ1v) is 7.13. The molecule has 0 spiro atoms. The molecule has 0 unspecified atom stereocenters. The van der Waals surface area contributed by atoms with Crippen LogP contribution in [0.5, 0.6) is 0 Å². The van der Waals surface area contributed by atoms with Crippen LogP contribution >= 0.6 is 0 Å². The first-order chi connectivity index (χ1) is 10.6. The molecule has 1 aliphatic rings. The van der Waals surface area contributed by atoms with Crippen molar-refractivity contribution in [3.05, 3.63) is 52.3 Å². The Labute approximate surface area is 126 Å². The second-order valence-corrected chi connectivity index (χ2v) is 5.60. The molecule has 0 radical (unpaired) electrons. The molecule has 6 nitrogen and oxygen atoms in total. The topological polar surface area (TPSA) is 73.8 Å². The lowest BCUT2D eigenvalue weighted by molar-refractivity contribution is 0.527.